The molecule has 1 amide bonds. The fraction of sp³-hybridized carbons (Fsp3) is 0.391. The molecule has 7 heteroatoms. The van der Waals surface area contributed by atoms with Gasteiger partial charge in [-0.3, -0.25) is 4.79 Å². The average Bonchev–Trinajstić information content (AvgIpc) is 3.03. The molecule has 0 radical (unpaired) electrons. The van der Waals surface area contributed by atoms with Crippen molar-refractivity contribution >= 4 is 40.1 Å². The smallest absolute Gasteiger partial charge is 0.223 e. The number of imidazole rings is 1. The van der Waals surface area contributed by atoms with Crippen LogP contribution < -0.4 is 4.74 Å². The minimum atomic E-state index is -0.644. The van der Waals surface area contributed by atoms with Crippen molar-refractivity contribution in [3.63, 3.8) is 0 Å². The summed E-state index contributed by atoms with van der Waals surface area (Å²) >= 11 is 12.6. The van der Waals surface area contributed by atoms with E-state index >= 15 is 0 Å². The number of ether oxygens (including phenoxy) is 1. The number of methoxy groups -OCH3 is 1. The number of nitrogens with zero attached hydrogens (tertiary/aromatic N) is 3. The van der Waals surface area contributed by atoms with Crippen LogP contribution in [0.1, 0.15) is 30.1 Å². The fourth-order valence-electron chi connectivity index (χ4n) is 4.34. The number of fused-ring (bicyclic) bond motifs is 1. The van der Waals surface area contributed by atoms with Gasteiger partial charge >= 0.3 is 0 Å². The van der Waals surface area contributed by atoms with Crippen LogP contribution in [0.25, 0.3) is 11.0 Å². The highest BCUT2D eigenvalue weighted by Crippen LogP contribution is 2.54. The van der Waals surface area contributed by atoms with E-state index in [1.165, 1.54) is 0 Å². The van der Waals surface area contributed by atoms with E-state index in [0.717, 1.165) is 41.1 Å². The van der Waals surface area contributed by atoms with Crippen molar-refractivity contribution < 1.29 is 9.53 Å². The summed E-state index contributed by atoms with van der Waals surface area (Å²) in [5, 5.41) is 0. The van der Waals surface area contributed by atoms with E-state index in [2.05, 4.69) is 10.6 Å². The number of hydrogen-bond acceptors (Lipinski definition) is 3. The van der Waals surface area contributed by atoms with E-state index < -0.39 is 4.33 Å². The molecule has 5 rings (SSSR count). The van der Waals surface area contributed by atoms with Gasteiger partial charge in [0.25, 0.3) is 0 Å². The summed E-state index contributed by atoms with van der Waals surface area (Å²) in [4.78, 5) is 19.6. The van der Waals surface area contributed by atoms with Crippen LogP contribution in [0.3, 0.4) is 0 Å². The van der Waals surface area contributed by atoms with Gasteiger partial charge in [-0.15, -0.1) is 23.2 Å². The Kier molecular flexibility index (Phi) is 4.91. The van der Waals surface area contributed by atoms with Crippen LogP contribution in [-0.4, -0.2) is 38.3 Å². The lowest BCUT2D eigenvalue weighted by atomic mass is 10.1. The topological polar surface area (TPSA) is 47.4 Å². The molecule has 2 atom stereocenters. The van der Waals surface area contributed by atoms with Crippen LogP contribution >= 0.6 is 23.2 Å². The van der Waals surface area contributed by atoms with Crippen molar-refractivity contribution in [3.05, 3.63) is 59.9 Å². The van der Waals surface area contributed by atoms with Gasteiger partial charge in [0.15, 0.2) is 0 Å². The molecule has 0 spiro atoms. The number of benzene rings is 2. The van der Waals surface area contributed by atoms with E-state index in [4.69, 9.17) is 32.9 Å². The molecule has 3 aromatic rings. The largest absolute Gasteiger partial charge is 0.497 e. The van der Waals surface area contributed by atoms with Gasteiger partial charge in [0.2, 0.25) is 5.91 Å². The SMILES string of the molecule is COc1ccc(CN2CC(c3nc4ccccc4n3CC3CC3(Cl)Cl)CC2=O)cc1. The summed E-state index contributed by atoms with van der Waals surface area (Å²) in [5.74, 6) is 2.20. The second kappa shape index (κ2) is 7.47. The number of carbonyl (C=O) groups excluding carboxylic acids is 1. The quantitative estimate of drug-likeness (QED) is 0.516. The molecular formula is C23H23Cl2N3O2. The van der Waals surface area contributed by atoms with Gasteiger partial charge in [0, 0.05) is 37.9 Å². The Morgan fingerprint density at radius 1 is 1.17 bits per heavy atom. The molecule has 0 N–H and O–H groups in total. The molecule has 1 saturated carbocycles. The number of para-hydroxylation sites is 2. The number of halogens is 2. The number of amides is 1. The van der Waals surface area contributed by atoms with Crippen LogP contribution in [0.2, 0.25) is 0 Å². The van der Waals surface area contributed by atoms with Gasteiger partial charge in [-0.2, -0.15) is 0 Å². The number of aromatic nitrogens is 2. The number of carbonyl (C=O) groups is 1. The molecule has 2 aliphatic rings. The minimum Gasteiger partial charge on any atom is -0.497 e. The third kappa shape index (κ3) is 3.65. The molecule has 156 valence electrons. The maximum absolute atomic E-state index is 12.8. The van der Waals surface area contributed by atoms with Crippen LogP contribution in [0.5, 0.6) is 5.75 Å². The highest BCUT2D eigenvalue weighted by Gasteiger charge is 2.52. The Labute approximate surface area is 185 Å². The summed E-state index contributed by atoms with van der Waals surface area (Å²) in [6, 6.07) is 15.9. The Bertz CT molecular complexity index is 1090. The fourth-order valence-corrected chi connectivity index (χ4v) is 4.85. The van der Waals surface area contributed by atoms with Crippen molar-refractivity contribution in [2.24, 2.45) is 5.92 Å². The van der Waals surface area contributed by atoms with E-state index in [1.54, 1.807) is 7.11 Å². The predicted molar refractivity (Wildman–Crippen MR) is 118 cm³/mol. The van der Waals surface area contributed by atoms with E-state index in [-0.39, 0.29) is 17.7 Å². The van der Waals surface area contributed by atoms with Crippen molar-refractivity contribution in [2.45, 2.75) is 36.2 Å². The Morgan fingerprint density at radius 2 is 1.90 bits per heavy atom. The monoisotopic (exact) mass is 443 g/mol. The molecule has 2 unspecified atom stereocenters. The van der Waals surface area contributed by atoms with Gasteiger partial charge < -0.3 is 14.2 Å². The summed E-state index contributed by atoms with van der Waals surface area (Å²) in [6.07, 6.45) is 1.26. The molecule has 2 fully saturated rings. The molecule has 2 heterocycles. The molecular weight excluding hydrogens is 421 g/mol. The first-order chi connectivity index (χ1) is 14.4. The first-order valence-corrected chi connectivity index (χ1v) is 10.9. The number of likely N-dealkylation sites (tertiary alicyclic amines) is 1. The zero-order valence-electron chi connectivity index (χ0n) is 16.7. The highest BCUT2D eigenvalue weighted by atomic mass is 35.5. The minimum absolute atomic E-state index is 0.0574. The Morgan fingerprint density at radius 3 is 2.60 bits per heavy atom. The Hall–Kier alpha value is -2.24. The van der Waals surface area contributed by atoms with Crippen LogP contribution in [0, 0.1) is 5.92 Å². The van der Waals surface area contributed by atoms with E-state index in [1.807, 2.05) is 47.4 Å². The molecule has 0 bridgehead atoms. The summed E-state index contributed by atoms with van der Waals surface area (Å²) in [5.41, 5.74) is 3.11. The molecule has 2 aromatic carbocycles. The van der Waals surface area contributed by atoms with E-state index in [0.29, 0.717) is 19.5 Å². The number of alkyl halides is 2. The number of rotatable bonds is 6. The molecule has 5 nitrogen and oxygen atoms in total. The Balaban J connectivity index is 1.39. The van der Waals surface area contributed by atoms with Gasteiger partial charge in [0.1, 0.15) is 15.9 Å². The summed E-state index contributed by atoms with van der Waals surface area (Å²) < 4.78 is 6.80. The van der Waals surface area contributed by atoms with Crippen molar-refractivity contribution in [3.8, 4) is 5.75 Å². The molecule has 1 aliphatic carbocycles. The summed E-state index contributed by atoms with van der Waals surface area (Å²) in [6.45, 7) is 1.98. The lowest BCUT2D eigenvalue weighted by Gasteiger charge is -2.18. The lowest BCUT2D eigenvalue weighted by molar-refractivity contribution is -0.128. The van der Waals surface area contributed by atoms with Crippen LogP contribution in [0.4, 0.5) is 0 Å². The third-order valence-corrected chi connectivity index (χ3v) is 7.08. The molecule has 1 aromatic heterocycles. The first kappa shape index (κ1) is 19.7. The maximum Gasteiger partial charge on any atom is 0.223 e. The highest BCUT2D eigenvalue weighted by molar-refractivity contribution is 6.50. The van der Waals surface area contributed by atoms with E-state index in [9.17, 15) is 4.79 Å². The second-order valence-electron chi connectivity index (χ2n) is 8.25. The second-order valence-corrected chi connectivity index (χ2v) is 9.80. The number of hydrogen-bond donors (Lipinski definition) is 0. The normalized spacial score (nSPS) is 22.6. The van der Waals surface area contributed by atoms with Gasteiger partial charge in [-0.25, -0.2) is 4.98 Å². The van der Waals surface area contributed by atoms with Gasteiger partial charge in [-0.1, -0.05) is 24.3 Å². The zero-order valence-corrected chi connectivity index (χ0v) is 18.2. The van der Waals surface area contributed by atoms with Gasteiger partial charge in [-0.05, 0) is 36.2 Å². The zero-order chi connectivity index (χ0) is 20.9. The van der Waals surface area contributed by atoms with Crippen molar-refractivity contribution in [1.82, 2.24) is 14.5 Å². The van der Waals surface area contributed by atoms with Crippen molar-refractivity contribution in [2.75, 3.05) is 13.7 Å². The van der Waals surface area contributed by atoms with Crippen molar-refractivity contribution in [1.29, 1.82) is 0 Å². The average molecular weight is 444 g/mol. The maximum atomic E-state index is 12.8. The lowest BCUT2D eigenvalue weighted by Crippen LogP contribution is -2.24. The molecule has 1 saturated heterocycles. The standard InChI is InChI=1S/C23H23Cl2N3O2/c1-30-18-8-6-15(7-9-18)12-27-13-16(10-21(27)29)22-26-19-4-2-3-5-20(19)28(22)14-17-11-23(17,24)25/h2-9,16-17H,10-14H2,1H3. The predicted octanol–water partition coefficient (Wildman–Crippen LogP) is 4.75. The summed E-state index contributed by atoms with van der Waals surface area (Å²) in [7, 11) is 1.65. The molecule has 1 aliphatic heterocycles. The van der Waals surface area contributed by atoms with Crippen LogP contribution in [0.15, 0.2) is 48.5 Å². The third-order valence-electron chi connectivity index (χ3n) is 6.15. The van der Waals surface area contributed by atoms with Crippen LogP contribution in [-0.2, 0) is 17.9 Å². The first-order valence-electron chi connectivity index (χ1n) is 10.2. The van der Waals surface area contributed by atoms with Gasteiger partial charge in [0.05, 0.1) is 18.1 Å². The molecule has 30 heavy (non-hydrogen) atoms.